The van der Waals surface area contributed by atoms with Crippen molar-refractivity contribution in [1.82, 2.24) is 15.1 Å². The van der Waals surface area contributed by atoms with E-state index in [9.17, 15) is 0 Å². The van der Waals surface area contributed by atoms with Crippen molar-refractivity contribution < 1.29 is 0 Å². The Bertz CT molecular complexity index is 365. The Balaban J connectivity index is 1.38. The zero-order valence-electron chi connectivity index (χ0n) is 11.7. The van der Waals surface area contributed by atoms with Gasteiger partial charge in [0.15, 0.2) is 0 Å². The minimum absolute atomic E-state index is 0.815. The molecular weight excluding hydrogens is 234 g/mol. The monoisotopic (exact) mass is 259 g/mol. The first-order chi connectivity index (χ1) is 9.42. The highest BCUT2D eigenvalue weighted by Crippen LogP contribution is 2.16. The topological polar surface area (TPSA) is 18.5 Å². The molecule has 0 spiro atoms. The van der Waals surface area contributed by atoms with Crippen molar-refractivity contribution in [2.45, 2.75) is 18.9 Å². The van der Waals surface area contributed by atoms with Crippen molar-refractivity contribution in [2.75, 3.05) is 45.8 Å². The first-order valence-electron chi connectivity index (χ1n) is 7.63. The smallest absolute Gasteiger partial charge is 0.0351 e. The molecule has 0 amide bonds. The number of hydrogen-bond acceptors (Lipinski definition) is 3. The van der Waals surface area contributed by atoms with Crippen molar-refractivity contribution in [3.05, 3.63) is 35.9 Å². The van der Waals surface area contributed by atoms with Crippen molar-refractivity contribution in [3.8, 4) is 0 Å². The SMILES string of the molecule is c1ccc(CCN2CC(N3CCCNCC3)C2)cc1. The number of nitrogens with one attached hydrogen (secondary N) is 1. The second kappa shape index (κ2) is 6.51. The van der Waals surface area contributed by atoms with Gasteiger partial charge in [0, 0.05) is 38.8 Å². The normalized spacial score (nSPS) is 22.9. The van der Waals surface area contributed by atoms with Crippen LogP contribution in [0.1, 0.15) is 12.0 Å². The summed E-state index contributed by atoms with van der Waals surface area (Å²) in [7, 11) is 0. The van der Waals surface area contributed by atoms with Gasteiger partial charge in [-0.05, 0) is 31.5 Å². The minimum atomic E-state index is 0.815. The zero-order chi connectivity index (χ0) is 12.9. The largest absolute Gasteiger partial charge is 0.315 e. The van der Waals surface area contributed by atoms with E-state index in [2.05, 4.69) is 45.4 Å². The molecule has 0 saturated carbocycles. The highest BCUT2D eigenvalue weighted by Gasteiger charge is 2.31. The van der Waals surface area contributed by atoms with E-state index >= 15 is 0 Å². The molecule has 2 aliphatic heterocycles. The zero-order valence-corrected chi connectivity index (χ0v) is 11.7. The van der Waals surface area contributed by atoms with Crippen LogP contribution in [-0.4, -0.2) is 61.7 Å². The predicted molar refractivity (Wildman–Crippen MR) is 79.4 cm³/mol. The van der Waals surface area contributed by atoms with Crippen LogP contribution in [0.3, 0.4) is 0 Å². The first kappa shape index (κ1) is 13.1. The lowest BCUT2D eigenvalue weighted by molar-refractivity contribution is 0.0386. The number of rotatable bonds is 4. The van der Waals surface area contributed by atoms with Crippen LogP contribution >= 0.6 is 0 Å². The van der Waals surface area contributed by atoms with Crippen molar-refractivity contribution in [1.29, 1.82) is 0 Å². The third-order valence-corrected chi connectivity index (χ3v) is 4.39. The lowest BCUT2D eigenvalue weighted by Gasteiger charge is -2.45. The van der Waals surface area contributed by atoms with Gasteiger partial charge in [0.25, 0.3) is 0 Å². The average molecular weight is 259 g/mol. The van der Waals surface area contributed by atoms with E-state index in [0.29, 0.717) is 0 Å². The summed E-state index contributed by atoms with van der Waals surface area (Å²) in [5.74, 6) is 0. The van der Waals surface area contributed by atoms with Gasteiger partial charge in [-0.25, -0.2) is 0 Å². The molecule has 3 heteroatoms. The van der Waals surface area contributed by atoms with Crippen LogP contribution in [0.15, 0.2) is 30.3 Å². The molecule has 0 atom stereocenters. The maximum absolute atomic E-state index is 3.48. The van der Waals surface area contributed by atoms with Crippen molar-refractivity contribution in [3.63, 3.8) is 0 Å². The van der Waals surface area contributed by atoms with Gasteiger partial charge < -0.3 is 5.32 Å². The Morgan fingerprint density at radius 1 is 1.05 bits per heavy atom. The summed E-state index contributed by atoms with van der Waals surface area (Å²) < 4.78 is 0. The van der Waals surface area contributed by atoms with Gasteiger partial charge in [-0.3, -0.25) is 9.80 Å². The van der Waals surface area contributed by atoms with Gasteiger partial charge >= 0.3 is 0 Å². The van der Waals surface area contributed by atoms with Gasteiger partial charge in [0.2, 0.25) is 0 Å². The molecule has 2 aliphatic rings. The third-order valence-electron chi connectivity index (χ3n) is 4.39. The van der Waals surface area contributed by atoms with E-state index in [1.807, 2.05) is 0 Å². The number of likely N-dealkylation sites (tertiary alicyclic amines) is 1. The molecule has 0 radical (unpaired) electrons. The Labute approximate surface area is 116 Å². The second-order valence-electron chi connectivity index (χ2n) is 5.79. The fraction of sp³-hybridized carbons (Fsp3) is 0.625. The summed E-state index contributed by atoms with van der Waals surface area (Å²) >= 11 is 0. The minimum Gasteiger partial charge on any atom is -0.315 e. The van der Waals surface area contributed by atoms with E-state index in [1.54, 1.807) is 0 Å². The highest BCUT2D eigenvalue weighted by molar-refractivity contribution is 5.15. The van der Waals surface area contributed by atoms with Gasteiger partial charge in [0.1, 0.15) is 0 Å². The molecule has 0 unspecified atom stereocenters. The average Bonchev–Trinajstić information content (AvgIpc) is 2.67. The fourth-order valence-corrected chi connectivity index (χ4v) is 3.12. The highest BCUT2D eigenvalue weighted by atomic mass is 15.3. The molecule has 1 aromatic carbocycles. The van der Waals surface area contributed by atoms with Crippen molar-refractivity contribution in [2.24, 2.45) is 0 Å². The Morgan fingerprint density at radius 3 is 2.74 bits per heavy atom. The number of hydrogen-bond donors (Lipinski definition) is 1. The second-order valence-corrected chi connectivity index (χ2v) is 5.79. The molecule has 104 valence electrons. The number of benzene rings is 1. The molecule has 0 bridgehead atoms. The summed E-state index contributed by atoms with van der Waals surface area (Å²) in [6.45, 7) is 8.63. The van der Waals surface area contributed by atoms with Crippen LogP contribution in [0.5, 0.6) is 0 Å². The molecule has 0 aliphatic carbocycles. The van der Waals surface area contributed by atoms with Gasteiger partial charge in [-0.15, -0.1) is 0 Å². The molecule has 2 saturated heterocycles. The molecule has 3 rings (SSSR count). The third kappa shape index (κ3) is 3.56. The predicted octanol–water partition coefficient (Wildman–Crippen LogP) is 1.21. The molecule has 2 heterocycles. The Hall–Kier alpha value is -0.900. The lowest BCUT2D eigenvalue weighted by Crippen LogP contribution is -2.60. The lowest BCUT2D eigenvalue weighted by atomic mass is 10.0. The van der Waals surface area contributed by atoms with Crippen LogP contribution < -0.4 is 5.32 Å². The van der Waals surface area contributed by atoms with Crippen LogP contribution in [0.4, 0.5) is 0 Å². The Morgan fingerprint density at radius 2 is 1.89 bits per heavy atom. The van der Waals surface area contributed by atoms with Gasteiger partial charge in [0.05, 0.1) is 0 Å². The summed E-state index contributed by atoms with van der Waals surface area (Å²) in [5.41, 5.74) is 1.46. The van der Waals surface area contributed by atoms with E-state index in [1.165, 1.54) is 64.2 Å². The van der Waals surface area contributed by atoms with E-state index in [-0.39, 0.29) is 0 Å². The number of nitrogens with zero attached hydrogens (tertiary/aromatic N) is 2. The maximum Gasteiger partial charge on any atom is 0.0351 e. The molecule has 1 aromatic rings. The van der Waals surface area contributed by atoms with E-state index < -0.39 is 0 Å². The van der Waals surface area contributed by atoms with Crippen LogP contribution in [-0.2, 0) is 6.42 Å². The molecule has 19 heavy (non-hydrogen) atoms. The molecule has 0 aromatic heterocycles. The molecule has 2 fully saturated rings. The summed E-state index contributed by atoms with van der Waals surface area (Å²) in [5, 5.41) is 3.48. The van der Waals surface area contributed by atoms with E-state index in [4.69, 9.17) is 0 Å². The van der Waals surface area contributed by atoms with Gasteiger partial charge in [-0.1, -0.05) is 30.3 Å². The van der Waals surface area contributed by atoms with Crippen LogP contribution in [0.25, 0.3) is 0 Å². The van der Waals surface area contributed by atoms with E-state index in [0.717, 1.165) is 6.04 Å². The first-order valence-corrected chi connectivity index (χ1v) is 7.63. The molecular formula is C16H25N3. The standard InChI is InChI=1S/C16H25N3/c1-2-5-15(6-3-1)7-11-18-13-16(14-18)19-10-4-8-17-9-12-19/h1-3,5-6,16-17H,4,7-14H2. The maximum atomic E-state index is 3.48. The molecule has 3 nitrogen and oxygen atoms in total. The quantitative estimate of drug-likeness (QED) is 0.877. The summed E-state index contributed by atoms with van der Waals surface area (Å²) in [4.78, 5) is 5.27. The summed E-state index contributed by atoms with van der Waals surface area (Å²) in [6.07, 6.45) is 2.50. The van der Waals surface area contributed by atoms with Crippen LogP contribution in [0.2, 0.25) is 0 Å². The summed E-state index contributed by atoms with van der Waals surface area (Å²) in [6, 6.07) is 11.7. The van der Waals surface area contributed by atoms with Gasteiger partial charge in [-0.2, -0.15) is 0 Å². The van der Waals surface area contributed by atoms with Crippen molar-refractivity contribution >= 4 is 0 Å². The fourth-order valence-electron chi connectivity index (χ4n) is 3.12. The van der Waals surface area contributed by atoms with Crippen LogP contribution in [0, 0.1) is 0 Å². The Kier molecular flexibility index (Phi) is 4.49. The molecule has 1 N–H and O–H groups in total.